The van der Waals surface area contributed by atoms with Crippen LogP contribution in [0.4, 0.5) is 13.2 Å². The van der Waals surface area contributed by atoms with Crippen LogP contribution in [0.2, 0.25) is 0 Å². The summed E-state index contributed by atoms with van der Waals surface area (Å²) < 4.78 is 36.1. The van der Waals surface area contributed by atoms with Gasteiger partial charge in [-0.15, -0.1) is 0 Å². The molecule has 0 amide bonds. The lowest BCUT2D eigenvalue weighted by Gasteiger charge is -2.14. The molecule has 17 heavy (non-hydrogen) atoms. The van der Waals surface area contributed by atoms with Crippen LogP contribution < -0.4 is 5.32 Å². The van der Waals surface area contributed by atoms with Gasteiger partial charge in [0.2, 0.25) is 0 Å². The summed E-state index contributed by atoms with van der Waals surface area (Å²) in [4.78, 5) is 0. The van der Waals surface area contributed by atoms with Crippen molar-refractivity contribution >= 4 is 0 Å². The number of nitrogens with one attached hydrogen (secondary N) is 1. The second-order valence-electron chi connectivity index (χ2n) is 3.90. The molecule has 0 heterocycles. The maximum atomic E-state index is 12.0. The van der Waals surface area contributed by atoms with Gasteiger partial charge < -0.3 is 0 Å². The molecule has 1 atom stereocenters. The molecular formula is C12H13F3N2. The van der Waals surface area contributed by atoms with Gasteiger partial charge in [-0.1, -0.05) is 18.2 Å². The number of nitriles is 1. The van der Waals surface area contributed by atoms with E-state index < -0.39 is 18.8 Å². The highest BCUT2D eigenvalue weighted by Crippen LogP contribution is 2.19. The van der Waals surface area contributed by atoms with Gasteiger partial charge in [-0.05, 0) is 30.5 Å². The molecule has 0 aliphatic heterocycles. The van der Waals surface area contributed by atoms with Crippen molar-refractivity contribution in [2.45, 2.75) is 26.1 Å². The van der Waals surface area contributed by atoms with Gasteiger partial charge in [0.1, 0.15) is 6.04 Å². The van der Waals surface area contributed by atoms with Crippen LogP contribution >= 0.6 is 0 Å². The van der Waals surface area contributed by atoms with Crippen molar-refractivity contribution in [3.05, 3.63) is 34.9 Å². The van der Waals surface area contributed by atoms with Gasteiger partial charge in [0.15, 0.2) is 0 Å². The number of rotatable bonds is 3. The normalized spacial score (nSPS) is 13.2. The van der Waals surface area contributed by atoms with Crippen molar-refractivity contribution in [3.63, 3.8) is 0 Å². The fourth-order valence-corrected chi connectivity index (χ4v) is 1.40. The molecule has 1 aromatic carbocycles. The Hall–Kier alpha value is -1.54. The molecule has 0 bridgehead atoms. The Morgan fingerprint density at radius 3 is 2.41 bits per heavy atom. The topological polar surface area (TPSA) is 35.8 Å². The third kappa shape index (κ3) is 4.08. The SMILES string of the molecule is Cc1ccc(C(C#N)NCC(F)(F)F)cc1C. The van der Waals surface area contributed by atoms with Crippen molar-refractivity contribution < 1.29 is 13.2 Å². The lowest BCUT2D eigenvalue weighted by molar-refractivity contribution is -0.125. The van der Waals surface area contributed by atoms with Crippen LogP contribution in [-0.4, -0.2) is 12.7 Å². The third-order valence-corrected chi connectivity index (χ3v) is 2.50. The highest BCUT2D eigenvalue weighted by molar-refractivity contribution is 5.33. The van der Waals surface area contributed by atoms with Gasteiger partial charge >= 0.3 is 6.18 Å². The molecule has 0 fully saturated rings. The standard InChI is InChI=1S/C12H13F3N2/c1-8-3-4-10(5-9(8)2)11(6-16)17-7-12(13,14)15/h3-5,11,17H,7H2,1-2H3. The van der Waals surface area contributed by atoms with Crippen molar-refractivity contribution in [1.29, 1.82) is 5.26 Å². The summed E-state index contributed by atoms with van der Waals surface area (Å²) in [5.74, 6) is 0. The zero-order valence-electron chi connectivity index (χ0n) is 9.60. The number of alkyl halides is 3. The van der Waals surface area contributed by atoms with Crippen molar-refractivity contribution in [2.75, 3.05) is 6.54 Å². The second-order valence-corrected chi connectivity index (χ2v) is 3.90. The Kier molecular flexibility index (Phi) is 4.13. The van der Waals surface area contributed by atoms with Crippen LogP contribution in [0, 0.1) is 25.2 Å². The van der Waals surface area contributed by atoms with Crippen LogP contribution in [0.25, 0.3) is 0 Å². The van der Waals surface area contributed by atoms with Gasteiger partial charge in [0.25, 0.3) is 0 Å². The Morgan fingerprint density at radius 2 is 1.94 bits per heavy atom. The van der Waals surface area contributed by atoms with Crippen LogP contribution in [0.3, 0.4) is 0 Å². The van der Waals surface area contributed by atoms with Crippen molar-refractivity contribution in [2.24, 2.45) is 0 Å². The number of hydrogen-bond acceptors (Lipinski definition) is 2. The zero-order valence-corrected chi connectivity index (χ0v) is 9.60. The van der Waals surface area contributed by atoms with E-state index in [-0.39, 0.29) is 0 Å². The van der Waals surface area contributed by atoms with Crippen LogP contribution in [0.15, 0.2) is 18.2 Å². The molecule has 92 valence electrons. The smallest absolute Gasteiger partial charge is 0.290 e. The average molecular weight is 242 g/mol. The highest BCUT2D eigenvalue weighted by Gasteiger charge is 2.28. The summed E-state index contributed by atoms with van der Waals surface area (Å²) in [6.45, 7) is 2.60. The molecule has 0 saturated heterocycles. The first-order chi connectivity index (χ1) is 7.83. The van der Waals surface area contributed by atoms with Gasteiger partial charge in [-0.2, -0.15) is 18.4 Å². The van der Waals surface area contributed by atoms with Crippen LogP contribution in [0.5, 0.6) is 0 Å². The molecule has 0 saturated carbocycles. The predicted molar refractivity (Wildman–Crippen MR) is 58.3 cm³/mol. The van der Waals surface area contributed by atoms with Gasteiger partial charge in [0, 0.05) is 0 Å². The second kappa shape index (κ2) is 5.19. The molecular weight excluding hydrogens is 229 g/mol. The highest BCUT2D eigenvalue weighted by atomic mass is 19.4. The first-order valence-electron chi connectivity index (χ1n) is 5.10. The molecule has 0 aromatic heterocycles. The maximum Gasteiger partial charge on any atom is 0.401 e. The van der Waals surface area contributed by atoms with E-state index in [1.54, 1.807) is 18.2 Å². The molecule has 1 rings (SSSR count). The molecule has 1 aromatic rings. The van der Waals surface area contributed by atoms with Crippen molar-refractivity contribution in [1.82, 2.24) is 5.32 Å². The molecule has 5 heteroatoms. The summed E-state index contributed by atoms with van der Waals surface area (Å²) in [5.41, 5.74) is 2.55. The van der Waals surface area contributed by atoms with E-state index in [9.17, 15) is 13.2 Å². The summed E-state index contributed by atoms with van der Waals surface area (Å²) in [6.07, 6.45) is -4.31. The van der Waals surface area contributed by atoms with E-state index >= 15 is 0 Å². The van der Waals surface area contributed by atoms with E-state index in [4.69, 9.17) is 5.26 Å². The van der Waals surface area contributed by atoms with Crippen molar-refractivity contribution in [3.8, 4) is 6.07 Å². The molecule has 0 radical (unpaired) electrons. The lowest BCUT2D eigenvalue weighted by Crippen LogP contribution is -2.31. The largest absolute Gasteiger partial charge is 0.401 e. The Balaban J connectivity index is 2.81. The fraction of sp³-hybridized carbons (Fsp3) is 0.417. The number of benzene rings is 1. The summed E-state index contributed by atoms with van der Waals surface area (Å²) in [7, 11) is 0. The minimum atomic E-state index is -4.31. The minimum Gasteiger partial charge on any atom is -0.290 e. The molecule has 1 N–H and O–H groups in total. The van der Waals surface area contributed by atoms with Crippen LogP contribution in [0.1, 0.15) is 22.7 Å². The summed E-state index contributed by atoms with van der Waals surface area (Å²) in [6, 6.07) is 6.08. The number of nitrogens with zero attached hydrogens (tertiary/aromatic N) is 1. The Bertz CT molecular complexity index is 432. The number of hydrogen-bond donors (Lipinski definition) is 1. The average Bonchev–Trinajstić information content (AvgIpc) is 2.22. The zero-order chi connectivity index (χ0) is 13.1. The Morgan fingerprint density at radius 1 is 1.29 bits per heavy atom. The molecule has 0 aliphatic carbocycles. The van der Waals surface area contributed by atoms with E-state index in [0.717, 1.165) is 11.1 Å². The van der Waals surface area contributed by atoms with Crippen LogP contribution in [-0.2, 0) is 0 Å². The summed E-state index contributed by atoms with van der Waals surface area (Å²) in [5, 5.41) is 11.0. The first-order valence-corrected chi connectivity index (χ1v) is 5.10. The number of aryl methyl sites for hydroxylation is 2. The van der Waals surface area contributed by atoms with Gasteiger partial charge in [0.05, 0.1) is 12.6 Å². The molecule has 0 spiro atoms. The van der Waals surface area contributed by atoms with Gasteiger partial charge in [-0.25, -0.2) is 0 Å². The summed E-state index contributed by atoms with van der Waals surface area (Å²) >= 11 is 0. The first kappa shape index (κ1) is 13.5. The fourth-order valence-electron chi connectivity index (χ4n) is 1.40. The minimum absolute atomic E-state index is 0.555. The molecule has 1 unspecified atom stereocenters. The number of halogens is 3. The molecule has 2 nitrogen and oxygen atoms in total. The van der Waals surface area contributed by atoms with Gasteiger partial charge in [-0.3, -0.25) is 5.32 Å². The quantitative estimate of drug-likeness (QED) is 0.884. The lowest BCUT2D eigenvalue weighted by atomic mass is 10.0. The molecule has 0 aliphatic rings. The predicted octanol–water partition coefficient (Wildman–Crippen LogP) is 3.02. The van der Waals surface area contributed by atoms with E-state index in [1.807, 2.05) is 19.9 Å². The van der Waals surface area contributed by atoms with E-state index in [0.29, 0.717) is 5.56 Å². The van der Waals surface area contributed by atoms with E-state index in [1.165, 1.54) is 0 Å². The third-order valence-electron chi connectivity index (χ3n) is 2.50. The maximum absolute atomic E-state index is 12.0. The van der Waals surface area contributed by atoms with E-state index in [2.05, 4.69) is 5.32 Å². The monoisotopic (exact) mass is 242 g/mol. The Labute approximate surface area is 98.1 Å².